The lowest BCUT2D eigenvalue weighted by Crippen LogP contribution is -1.90. The van der Waals surface area contributed by atoms with Crippen LogP contribution in [0.5, 0.6) is 0 Å². The summed E-state index contributed by atoms with van der Waals surface area (Å²) >= 11 is 0. The van der Waals surface area contributed by atoms with Gasteiger partial charge in [0.05, 0.1) is 37.8 Å². The molecule has 0 spiro atoms. The van der Waals surface area contributed by atoms with E-state index in [0.29, 0.717) is 0 Å². The fourth-order valence-electron chi connectivity index (χ4n) is 5.04. The summed E-state index contributed by atoms with van der Waals surface area (Å²) in [5.41, 5.74) is -5.34. The fourth-order valence-corrected chi connectivity index (χ4v) is 5.04. The van der Waals surface area contributed by atoms with Crippen molar-refractivity contribution in [2.24, 2.45) is 0 Å². The molecule has 0 N–H and O–H groups in total. The molecule has 0 saturated carbocycles. The Morgan fingerprint density at radius 2 is 0.929 bits per heavy atom. The van der Waals surface area contributed by atoms with Crippen LogP contribution in [0.1, 0.15) is 32.9 Å². The smallest absolute Gasteiger partial charge is 0.139 e. The first-order chi connectivity index (χ1) is 30.8. The maximum Gasteiger partial charge on any atom is 0.139 e. The van der Waals surface area contributed by atoms with Crippen LogP contribution < -0.4 is 0 Å². The van der Waals surface area contributed by atoms with Crippen LogP contribution in [0.15, 0.2) is 154 Å². The minimum absolute atomic E-state index is 0.410. The number of hydrogen-bond donors (Lipinski definition) is 0. The van der Waals surface area contributed by atoms with Crippen LogP contribution in [-0.4, -0.2) is 0 Å². The summed E-state index contributed by atoms with van der Waals surface area (Å²) in [5, 5.41) is -3.81. The third kappa shape index (κ3) is 3.39. The molecule has 0 atom stereocenters. The molecular formula is C40H24O2. The Morgan fingerprint density at radius 1 is 0.381 bits per heavy atom. The molecule has 7 aromatic carbocycles. The van der Waals surface area contributed by atoms with Crippen LogP contribution in [0.2, 0.25) is 0 Å². The summed E-state index contributed by atoms with van der Waals surface area (Å²) in [6, 6.07) is -19.5. The first-order valence-corrected chi connectivity index (χ1v) is 12.3. The molecule has 0 aliphatic rings. The summed E-state index contributed by atoms with van der Waals surface area (Å²) in [6.45, 7) is 0. The van der Waals surface area contributed by atoms with Gasteiger partial charge in [-0.1, -0.05) is 115 Å². The first-order valence-electron chi connectivity index (χ1n) is 24.3. The average molecular weight is 561 g/mol. The van der Waals surface area contributed by atoms with Gasteiger partial charge in [-0.25, -0.2) is 0 Å². The molecule has 0 fully saturated rings. The normalized spacial score (nSPS) is 19.8. The zero-order valence-electron chi connectivity index (χ0n) is 44.8. The molecule has 2 heteroatoms. The van der Waals surface area contributed by atoms with Gasteiger partial charge in [-0.05, 0) is 67.5 Å². The molecule has 0 amide bonds. The number of benzene rings is 7. The Hall–Kier alpha value is -5.60. The van der Waals surface area contributed by atoms with Gasteiger partial charge in [0, 0.05) is 27.8 Å². The van der Waals surface area contributed by atoms with Crippen LogP contribution in [0.25, 0.3) is 87.8 Å². The van der Waals surface area contributed by atoms with E-state index in [-0.39, 0.29) is 0 Å². The quantitative estimate of drug-likeness (QED) is 0.201. The lowest BCUT2D eigenvalue weighted by molar-refractivity contribution is 0.614. The van der Waals surface area contributed by atoms with Crippen molar-refractivity contribution in [3.63, 3.8) is 0 Å². The highest BCUT2D eigenvalue weighted by molar-refractivity contribution is 6.22. The van der Waals surface area contributed by atoms with Gasteiger partial charge in [0.15, 0.2) is 0 Å². The molecule has 2 aromatic heterocycles. The number of hydrogen-bond acceptors (Lipinski definition) is 2. The summed E-state index contributed by atoms with van der Waals surface area (Å²) < 4.78 is 223. The molecule has 0 aliphatic carbocycles. The molecule has 42 heavy (non-hydrogen) atoms. The highest BCUT2D eigenvalue weighted by atomic mass is 16.3. The fraction of sp³-hybridized carbons (Fsp3) is 0. The van der Waals surface area contributed by atoms with Crippen molar-refractivity contribution < 1.29 is 41.7 Å². The second kappa shape index (κ2) is 8.95. The van der Waals surface area contributed by atoms with Crippen molar-refractivity contribution in [1.82, 2.24) is 0 Å². The maximum absolute atomic E-state index is 9.63. The molecule has 2 heterocycles. The van der Waals surface area contributed by atoms with E-state index in [9.17, 15) is 8.22 Å². The molecule has 0 aliphatic heterocycles. The molecule has 196 valence electrons. The van der Waals surface area contributed by atoms with Gasteiger partial charge in [-0.3, -0.25) is 0 Å². The molecule has 9 aromatic rings. The van der Waals surface area contributed by atoms with E-state index in [1.165, 1.54) is 0 Å². The largest absolute Gasteiger partial charge is 0.464 e. The van der Waals surface area contributed by atoms with E-state index >= 15 is 0 Å². The van der Waals surface area contributed by atoms with Gasteiger partial charge in [0.2, 0.25) is 0 Å². The zero-order chi connectivity index (χ0) is 48.5. The second-order valence-corrected chi connectivity index (χ2v) is 9.04. The second-order valence-electron chi connectivity index (χ2n) is 9.04. The van der Waals surface area contributed by atoms with Crippen LogP contribution in [-0.2, 0) is 0 Å². The summed E-state index contributed by atoms with van der Waals surface area (Å²) in [6.07, 6.45) is -0.793. The van der Waals surface area contributed by atoms with Gasteiger partial charge < -0.3 is 8.83 Å². The molecule has 0 saturated heterocycles. The van der Waals surface area contributed by atoms with Crippen LogP contribution >= 0.6 is 0 Å². The van der Waals surface area contributed by atoms with Crippen molar-refractivity contribution >= 4 is 54.5 Å². The van der Waals surface area contributed by atoms with E-state index < -0.39 is 233 Å². The Balaban J connectivity index is 1.53. The average Bonchev–Trinajstić information content (AvgIpc) is 3.86. The first kappa shape index (κ1) is 9.75. The lowest BCUT2D eigenvalue weighted by atomic mass is 9.86. The van der Waals surface area contributed by atoms with Crippen LogP contribution in [0.4, 0.5) is 0 Å². The van der Waals surface area contributed by atoms with Crippen molar-refractivity contribution in [1.29, 1.82) is 0 Å². The number of rotatable bonds is 3. The Labute approximate surface area is 275 Å². The van der Waals surface area contributed by atoms with Crippen LogP contribution in [0.3, 0.4) is 0 Å². The Morgan fingerprint density at radius 3 is 1.57 bits per heavy atom. The van der Waals surface area contributed by atoms with E-state index in [2.05, 4.69) is 0 Å². The topological polar surface area (TPSA) is 26.3 Å². The molecule has 9 rings (SSSR count). The highest BCUT2D eigenvalue weighted by Gasteiger charge is 2.18. The SMILES string of the molecule is [2H]c1oc2c([2H])c3oc4c([2H])c(-c5c6c([2H])c([2H])c([2H])c([2H])c6c(-c6c([2H])c([2H])c([2H])c([2H])c6[2H])c6c([2H])c([2H])c([2H])c([2H])c56)c([2H])c([2H])c4c3c([2H])c2c1-c1c([2H])c([2H])c([2H])c([2H])c1[2H]. The van der Waals surface area contributed by atoms with E-state index in [4.69, 9.17) is 33.5 Å². The van der Waals surface area contributed by atoms with Gasteiger partial charge in [-0.15, -0.1) is 0 Å². The number of fused-ring (bicyclic) bond motifs is 6. The predicted molar refractivity (Wildman–Crippen MR) is 175 cm³/mol. The monoisotopic (exact) mass is 560 g/mol. The van der Waals surface area contributed by atoms with Gasteiger partial charge >= 0.3 is 0 Å². The lowest BCUT2D eigenvalue weighted by Gasteiger charge is -2.17. The predicted octanol–water partition coefficient (Wildman–Crippen LogP) is 11.6. The summed E-state index contributed by atoms with van der Waals surface area (Å²) in [7, 11) is 0. The summed E-state index contributed by atoms with van der Waals surface area (Å²) in [4.78, 5) is 0. The van der Waals surface area contributed by atoms with E-state index in [0.717, 1.165) is 0 Å². The van der Waals surface area contributed by atoms with Crippen LogP contribution in [0, 0.1) is 0 Å². The third-order valence-corrected chi connectivity index (χ3v) is 6.79. The minimum atomic E-state index is -0.932. The van der Waals surface area contributed by atoms with E-state index in [1.807, 2.05) is 0 Å². The van der Waals surface area contributed by atoms with Crippen molar-refractivity contribution in [2.75, 3.05) is 0 Å². The minimum Gasteiger partial charge on any atom is -0.464 e. The van der Waals surface area contributed by atoms with Crippen molar-refractivity contribution in [3.8, 4) is 33.4 Å². The van der Waals surface area contributed by atoms with Gasteiger partial charge in [0.1, 0.15) is 18.1 Å². The molecule has 0 radical (unpaired) electrons. The third-order valence-electron chi connectivity index (χ3n) is 6.79. The highest BCUT2D eigenvalue weighted by Crippen LogP contribution is 2.45. The molecule has 0 bridgehead atoms. The van der Waals surface area contributed by atoms with Crippen molar-refractivity contribution in [2.45, 2.75) is 0 Å². The zero-order valence-corrected chi connectivity index (χ0v) is 20.8. The molecule has 0 unspecified atom stereocenters. The molecule has 2 nitrogen and oxygen atoms in total. The van der Waals surface area contributed by atoms with Gasteiger partial charge in [0.25, 0.3) is 0 Å². The summed E-state index contributed by atoms with van der Waals surface area (Å²) in [5.74, 6) is 0. The van der Waals surface area contributed by atoms with Gasteiger partial charge in [-0.2, -0.15) is 0 Å². The maximum atomic E-state index is 9.63. The number of furan rings is 2. The van der Waals surface area contributed by atoms with E-state index in [1.54, 1.807) is 0 Å². The van der Waals surface area contributed by atoms with Crippen molar-refractivity contribution in [3.05, 3.63) is 145 Å². The molecular weight excluding hydrogens is 512 g/mol. The Kier molecular flexibility index (Phi) is 2.08. The standard InChI is InChI=1S/C40H24O2/c1-3-11-25(12-4-1)35-24-41-36-23-38-33(22-34(35)36)28-20-19-27(21-37(28)42-38)40-31-17-9-7-15-29(31)39(26-13-5-2-6-14-26)30-16-8-10-18-32(30)40/h1-24H/i1D,2D,3D,4D,5D,6D,7D,8D,9D,10D,11D,12D,13D,14D,15D,16D,17D,18D,19D,20D,21D,22D,23D,24D. The Bertz CT molecular complexity index is 3670.